The van der Waals surface area contributed by atoms with Crippen molar-refractivity contribution in [1.29, 1.82) is 0 Å². The summed E-state index contributed by atoms with van der Waals surface area (Å²) < 4.78 is 16.9. The Kier molecular flexibility index (Phi) is 8.68. The van der Waals surface area contributed by atoms with E-state index in [0.717, 1.165) is 55.8 Å². The molecule has 0 radical (unpaired) electrons. The second-order valence-corrected chi connectivity index (χ2v) is 7.38. The van der Waals surface area contributed by atoms with Crippen LogP contribution in [0.1, 0.15) is 30.2 Å². The van der Waals surface area contributed by atoms with E-state index in [2.05, 4.69) is 38.7 Å². The van der Waals surface area contributed by atoms with Crippen LogP contribution < -0.4 is 20.1 Å². The average Bonchev–Trinajstić information content (AvgIpc) is 3.47. The van der Waals surface area contributed by atoms with E-state index in [4.69, 9.17) is 13.9 Å². The quantitative estimate of drug-likeness (QED) is 0.328. The molecule has 4 rings (SSSR count). The summed E-state index contributed by atoms with van der Waals surface area (Å²) in [4.78, 5) is 6.85. The van der Waals surface area contributed by atoms with E-state index < -0.39 is 0 Å². The molecule has 1 unspecified atom stereocenters. The lowest BCUT2D eigenvalue weighted by Crippen LogP contribution is -2.43. The highest BCUT2D eigenvalue weighted by Gasteiger charge is 2.25. The van der Waals surface area contributed by atoms with E-state index in [1.54, 1.807) is 13.3 Å². The highest BCUT2D eigenvalue weighted by molar-refractivity contribution is 14.0. The summed E-state index contributed by atoms with van der Waals surface area (Å²) in [5.74, 6) is 3.48. The number of nitrogens with one attached hydrogen (secondary N) is 2. The summed E-state index contributed by atoms with van der Waals surface area (Å²) in [6.45, 7) is 5.00. The van der Waals surface area contributed by atoms with Crippen LogP contribution in [0, 0.1) is 0 Å². The van der Waals surface area contributed by atoms with E-state index >= 15 is 0 Å². The molecule has 2 aliphatic heterocycles. The molecule has 0 amide bonds. The molecule has 1 saturated heterocycles. The Morgan fingerprint density at radius 2 is 1.90 bits per heavy atom. The smallest absolute Gasteiger partial charge is 0.191 e. The largest absolute Gasteiger partial charge is 0.486 e. The van der Waals surface area contributed by atoms with Gasteiger partial charge in [0.05, 0.1) is 12.3 Å². The number of furan rings is 1. The van der Waals surface area contributed by atoms with Crippen LogP contribution in [0.2, 0.25) is 0 Å². The van der Waals surface area contributed by atoms with Gasteiger partial charge in [-0.25, -0.2) is 0 Å². The second kappa shape index (κ2) is 11.5. The molecular weight excluding hydrogens is 495 g/mol. The van der Waals surface area contributed by atoms with Gasteiger partial charge in [0.25, 0.3) is 0 Å². The van der Waals surface area contributed by atoms with Gasteiger partial charge in [0, 0.05) is 20.1 Å². The molecule has 1 aromatic carbocycles. The number of guanidine groups is 1. The first-order valence-corrected chi connectivity index (χ1v) is 10.4. The summed E-state index contributed by atoms with van der Waals surface area (Å²) in [6.07, 6.45) is 5.13. The number of nitrogens with zero attached hydrogens (tertiary/aromatic N) is 2. The monoisotopic (exact) mass is 526 g/mol. The number of hydrogen-bond donors (Lipinski definition) is 2. The molecule has 2 N–H and O–H groups in total. The lowest BCUT2D eigenvalue weighted by Gasteiger charge is -2.26. The molecule has 30 heavy (non-hydrogen) atoms. The standard InChI is InChI=1S/C22H30N4O3.HI/c1-23-22(24-9-8-17-6-7-20-21(15-17)29-14-13-28-20)25-16-18(19-5-4-12-27-19)26-10-2-3-11-26;/h4-7,12,15,18H,2-3,8-11,13-14,16H2,1H3,(H2,23,24,25);1H. The van der Waals surface area contributed by atoms with Crippen LogP contribution in [-0.2, 0) is 6.42 Å². The molecule has 7 nitrogen and oxygen atoms in total. The summed E-state index contributed by atoms with van der Waals surface area (Å²) in [5.41, 5.74) is 1.21. The summed E-state index contributed by atoms with van der Waals surface area (Å²) in [6, 6.07) is 10.4. The number of likely N-dealkylation sites (tertiary alicyclic amines) is 1. The van der Waals surface area contributed by atoms with Crippen LogP contribution in [0.4, 0.5) is 0 Å². The SMILES string of the molecule is CN=C(NCCc1ccc2c(c1)OCCO2)NCC(c1ccco1)N1CCCC1.I. The lowest BCUT2D eigenvalue weighted by molar-refractivity contribution is 0.171. The highest BCUT2D eigenvalue weighted by atomic mass is 127. The molecule has 8 heteroatoms. The zero-order chi connectivity index (χ0) is 19.9. The highest BCUT2D eigenvalue weighted by Crippen LogP contribution is 2.30. The zero-order valence-corrected chi connectivity index (χ0v) is 19.8. The number of ether oxygens (including phenoxy) is 2. The van der Waals surface area contributed by atoms with Gasteiger partial charge in [-0.2, -0.15) is 0 Å². The van der Waals surface area contributed by atoms with Gasteiger partial charge in [0.1, 0.15) is 19.0 Å². The Bertz CT molecular complexity index is 807. The topological polar surface area (TPSA) is 71.3 Å². The van der Waals surface area contributed by atoms with Gasteiger partial charge in [-0.15, -0.1) is 24.0 Å². The average molecular weight is 526 g/mol. The first kappa shape index (κ1) is 22.7. The van der Waals surface area contributed by atoms with Crippen LogP contribution >= 0.6 is 24.0 Å². The Balaban J connectivity index is 0.00000256. The summed E-state index contributed by atoms with van der Waals surface area (Å²) >= 11 is 0. The maximum atomic E-state index is 5.69. The Morgan fingerprint density at radius 3 is 2.63 bits per heavy atom. The number of aliphatic imine (C=N–C) groups is 1. The fourth-order valence-corrected chi connectivity index (χ4v) is 3.93. The third kappa shape index (κ3) is 5.81. The van der Waals surface area contributed by atoms with Gasteiger partial charge < -0.3 is 24.5 Å². The van der Waals surface area contributed by atoms with Crippen LogP contribution in [0.5, 0.6) is 11.5 Å². The molecule has 1 fully saturated rings. The van der Waals surface area contributed by atoms with Crippen LogP contribution in [0.25, 0.3) is 0 Å². The molecule has 2 aliphatic rings. The van der Waals surface area contributed by atoms with Gasteiger partial charge in [0.2, 0.25) is 0 Å². The third-order valence-corrected chi connectivity index (χ3v) is 5.45. The van der Waals surface area contributed by atoms with E-state index in [0.29, 0.717) is 13.2 Å². The number of rotatable bonds is 7. The minimum atomic E-state index is 0. The minimum Gasteiger partial charge on any atom is -0.486 e. The molecule has 1 atom stereocenters. The molecule has 0 bridgehead atoms. The predicted octanol–water partition coefficient (Wildman–Crippen LogP) is 3.21. The van der Waals surface area contributed by atoms with Gasteiger partial charge in [-0.05, 0) is 62.2 Å². The molecule has 164 valence electrons. The Hall–Kier alpha value is -1.94. The maximum absolute atomic E-state index is 5.69. The normalized spacial score (nSPS) is 17.3. The van der Waals surface area contributed by atoms with Gasteiger partial charge in [0.15, 0.2) is 17.5 Å². The fourth-order valence-electron chi connectivity index (χ4n) is 3.93. The molecule has 0 spiro atoms. The summed E-state index contributed by atoms with van der Waals surface area (Å²) in [5, 5.41) is 6.87. The molecule has 0 aliphatic carbocycles. The maximum Gasteiger partial charge on any atom is 0.191 e. The van der Waals surface area contributed by atoms with Crippen molar-refractivity contribution in [2.75, 3.05) is 46.4 Å². The van der Waals surface area contributed by atoms with Crippen LogP contribution in [0.15, 0.2) is 46.0 Å². The van der Waals surface area contributed by atoms with Crippen molar-refractivity contribution < 1.29 is 13.9 Å². The van der Waals surface area contributed by atoms with Crippen molar-refractivity contribution in [3.63, 3.8) is 0 Å². The minimum absolute atomic E-state index is 0. The number of benzene rings is 1. The molecule has 1 aromatic heterocycles. The molecule has 0 saturated carbocycles. The predicted molar refractivity (Wildman–Crippen MR) is 128 cm³/mol. The number of hydrogen-bond acceptors (Lipinski definition) is 5. The lowest BCUT2D eigenvalue weighted by atomic mass is 10.1. The Morgan fingerprint density at radius 1 is 1.10 bits per heavy atom. The summed E-state index contributed by atoms with van der Waals surface area (Å²) in [7, 11) is 1.80. The van der Waals surface area contributed by atoms with Gasteiger partial charge in [-0.3, -0.25) is 9.89 Å². The van der Waals surface area contributed by atoms with Crippen molar-refractivity contribution in [3.05, 3.63) is 47.9 Å². The molecular formula is C22H31IN4O3. The third-order valence-electron chi connectivity index (χ3n) is 5.45. The van der Waals surface area contributed by atoms with Gasteiger partial charge >= 0.3 is 0 Å². The first-order chi connectivity index (χ1) is 14.3. The van der Waals surface area contributed by atoms with Crippen molar-refractivity contribution in [1.82, 2.24) is 15.5 Å². The van der Waals surface area contributed by atoms with Crippen LogP contribution in [0.3, 0.4) is 0 Å². The number of halogens is 1. The van der Waals surface area contributed by atoms with E-state index in [-0.39, 0.29) is 30.0 Å². The second-order valence-electron chi connectivity index (χ2n) is 7.38. The van der Waals surface area contributed by atoms with E-state index in [1.807, 2.05) is 12.1 Å². The Labute approximate surface area is 195 Å². The van der Waals surface area contributed by atoms with E-state index in [1.165, 1.54) is 18.4 Å². The van der Waals surface area contributed by atoms with Gasteiger partial charge in [-0.1, -0.05) is 6.07 Å². The molecule has 2 aromatic rings. The van der Waals surface area contributed by atoms with E-state index in [9.17, 15) is 0 Å². The first-order valence-electron chi connectivity index (χ1n) is 10.4. The van der Waals surface area contributed by atoms with Crippen LogP contribution in [-0.4, -0.2) is 57.3 Å². The van der Waals surface area contributed by atoms with Crippen molar-refractivity contribution in [3.8, 4) is 11.5 Å². The fraction of sp³-hybridized carbons (Fsp3) is 0.500. The van der Waals surface area contributed by atoms with Crippen molar-refractivity contribution in [2.45, 2.75) is 25.3 Å². The number of fused-ring (bicyclic) bond motifs is 1. The van der Waals surface area contributed by atoms with Crippen molar-refractivity contribution in [2.24, 2.45) is 4.99 Å². The molecule has 3 heterocycles. The van der Waals surface area contributed by atoms with Crippen molar-refractivity contribution >= 4 is 29.9 Å². The zero-order valence-electron chi connectivity index (χ0n) is 17.4.